The van der Waals surface area contributed by atoms with Gasteiger partial charge >= 0.3 is 5.97 Å². The Kier molecular flexibility index (Phi) is 6.81. The molecule has 0 saturated heterocycles. The van der Waals surface area contributed by atoms with Gasteiger partial charge in [-0.1, -0.05) is 5.21 Å². The molecule has 0 fully saturated rings. The maximum absolute atomic E-state index is 11.2. The zero-order valence-electron chi connectivity index (χ0n) is 14.0. The van der Waals surface area contributed by atoms with Crippen LogP contribution in [-0.2, 0) is 29.2 Å². The van der Waals surface area contributed by atoms with Gasteiger partial charge in [0.2, 0.25) is 0 Å². The van der Waals surface area contributed by atoms with E-state index < -0.39 is 0 Å². The molecular weight excluding hydrogens is 310 g/mol. The van der Waals surface area contributed by atoms with E-state index in [9.17, 15) is 4.79 Å². The number of ether oxygens (including phenoxy) is 1. The third-order valence-corrected chi connectivity index (χ3v) is 3.18. The Balaban J connectivity index is 1.84. The number of nitrogens with zero attached hydrogens (tertiary/aromatic N) is 5. The number of rotatable bonds is 8. The van der Waals surface area contributed by atoms with Gasteiger partial charge in [-0.2, -0.15) is 0 Å². The molecule has 0 atom stereocenters. The lowest BCUT2D eigenvalue weighted by molar-refractivity contribution is -0.141. The van der Waals surface area contributed by atoms with Crippen molar-refractivity contribution in [1.82, 2.24) is 30.2 Å². The number of aliphatic imine (C=N–C) groups is 1. The molecule has 0 aliphatic carbocycles. The van der Waals surface area contributed by atoms with E-state index in [1.807, 2.05) is 31.5 Å². The largest absolute Gasteiger partial charge is 0.468 e. The van der Waals surface area contributed by atoms with Crippen LogP contribution in [0.2, 0.25) is 0 Å². The van der Waals surface area contributed by atoms with Crippen molar-refractivity contribution >= 4 is 11.9 Å². The molecule has 2 heterocycles. The van der Waals surface area contributed by atoms with Gasteiger partial charge < -0.3 is 19.9 Å². The Morgan fingerprint density at radius 3 is 2.83 bits per heavy atom. The summed E-state index contributed by atoms with van der Waals surface area (Å²) in [7, 11) is 1.34. The fourth-order valence-electron chi connectivity index (χ4n) is 2.01. The molecular formula is C15H23N7O2. The van der Waals surface area contributed by atoms with Gasteiger partial charge in [-0.3, -0.25) is 4.79 Å². The average Bonchev–Trinajstić information content (AvgIpc) is 3.24. The number of guanidine groups is 1. The molecule has 130 valence electrons. The van der Waals surface area contributed by atoms with Crippen LogP contribution >= 0.6 is 0 Å². The molecule has 0 amide bonds. The second kappa shape index (κ2) is 9.33. The Hall–Kier alpha value is -2.84. The third-order valence-electron chi connectivity index (χ3n) is 3.18. The Labute approximate surface area is 140 Å². The van der Waals surface area contributed by atoms with E-state index in [4.69, 9.17) is 0 Å². The summed E-state index contributed by atoms with van der Waals surface area (Å²) in [6.07, 6.45) is 5.72. The van der Waals surface area contributed by atoms with Gasteiger partial charge in [0, 0.05) is 32.0 Å². The van der Waals surface area contributed by atoms with Crippen molar-refractivity contribution in [1.29, 1.82) is 0 Å². The van der Waals surface area contributed by atoms with Crippen LogP contribution in [0.15, 0.2) is 35.7 Å². The summed E-state index contributed by atoms with van der Waals surface area (Å²) in [6, 6.07) is 3.99. The first kappa shape index (κ1) is 17.5. The maximum atomic E-state index is 11.2. The summed E-state index contributed by atoms with van der Waals surface area (Å²) in [5.74, 6) is 0.349. The lowest BCUT2D eigenvalue weighted by atomic mass is 10.5. The number of carbonyl (C=O) groups is 1. The number of nitrogens with one attached hydrogen (secondary N) is 2. The molecule has 9 nitrogen and oxygen atoms in total. The van der Waals surface area contributed by atoms with Crippen LogP contribution in [0.3, 0.4) is 0 Å². The van der Waals surface area contributed by atoms with Crippen molar-refractivity contribution in [2.24, 2.45) is 4.99 Å². The monoisotopic (exact) mass is 333 g/mol. The summed E-state index contributed by atoms with van der Waals surface area (Å²) < 4.78 is 8.12. The Morgan fingerprint density at radius 2 is 2.12 bits per heavy atom. The molecule has 0 aromatic carbocycles. The highest BCUT2D eigenvalue weighted by Gasteiger charge is 2.06. The van der Waals surface area contributed by atoms with E-state index in [-0.39, 0.29) is 12.5 Å². The highest BCUT2D eigenvalue weighted by molar-refractivity contribution is 5.79. The Bertz CT molecular complexity index is 649. The van der Waals surface area contributed by atoms with Crippen molar-refractivity contribution in [3.63, 3.8) is 0 Å². The van der Waals surface area contributed by atoms with E-state index in [0.717, 1.165) is 19.6 Å². The first-order valence-corrected chi connectivity index (χ1v) is 7.80. The molecule has 0 aliphatic heterocycles. The highest BCUT2D eigenvalue weighted by Crippen LogP contribution is 1.96. The minimum absolute atomic E-state index is 0.0440. The number of hydrogen-bond acceptors (Lipinski definition) is 5. The summed E-state index contributed by atoms with van der Waals surface area (Å²) in [4.78, 5) is 15.7. The predicted octanol–water partition coefficient (Wildman–Crippen LogP) is 0.00790. The van der Waals surface area contributed by atoms with Gasteiger partial charge in [0.1, 0.15) is 12.2 Å². The molecule has 2 rings (SSSR count). The lowest BCUT2D eigenvalue weighted by Crippen LogP contribution is -2.38. The van der Waals surface area contributed by atoms with Gasteiger partial charge in [0.25, 0.3) is 0 Å². The van der Waals surface area contributed by atoms with Gasteiger partial charge in [0.05, 0.1) is 19.9 Å². The van der Waals surface area contributed by atoms with Crippen LogP contribution in [0, 0.1) is 0 Å². The van der Waals surface area contributed by atoms with Gasteiger partial charge in [-0.05, 0) is 19.1 Å². The second-order valence-corrected chi connectivity index (χ2v) is 5.03. The molecule has 0 spiro atoms. The highest BCUT2D eigenvalue weighted by atomic mass is 16.5. The first-order chi connectivity index (χ1) is 11.7. The molecule has 0 bridgehead atoms. The van der Waals surface area contributed by atoms with Crippen LogP contribution in [0.4, 0.5) is 0 Å². The van der Waals surface area contributed by atoms with Gasteiger partial charge in [-0.15, -0.1) is 5.10 Å². The third kappa shape index (κ3) is 5.75. The number of carbonyl (C=O) groups excluding carboxylic acids is 1. The van der Waals surface area contributed by atoms with Gasteiger partial charge in [0.15, 0.2) is 5.96 Å². The average molecular weight is 333 g/mol. The van der Waals surface area contributed by atoms with Crippen LogP contribution in [0.5, 0.6) is 0 Å². The van der Waals surface area contributed by atoms with Crippen LogP contribution in [0.25, 0.3) is 0 Å². The van der Waals surface area contributed by atoms with Crippen molar-refractivity contribution in [3.8, 4) is 0 Å². The van der Waals surface area contributed by atoms with E-state index in [1.54, 1.807) is 6.20 Å². The second-order valence-electron chi connectivity index (χ2n) is 5.03. The molecule has 2 aromatic heterocycles. The van der Waals surface area contributed by atoms with Crippen LogP contribution < -0.4 is 10.6 Å². The van der Waals surface area contributed by atoms with Crippen LogP contribution in [0.1, 0.15) is 12.6 Å². The smallest absolute Gasteiger partial charge is 0.327 e. The zero-order chi connectivity index (χ0) is 17.2. The fourth-order valence-corrected chi connectivity index (χ4v) is 2.01. The van der Waals surface area contributed by atoms with Gasteiger partial charge in [-0.25, -0.2) is 9.67 Å². The van der Waals surface area contributed by atoms with E-state index >= 15 is 0 Å². The molecule has 2 N–H and O–H groups in total. The number of aromatic nitrogens is 4. The fraction of sp³-hybridized carbons (Fsp3) is 0.467. The normalized spacial score (nSPS) is 11.3. The summed E-state index contributed by atoms with van der Waals surface area (Å²) >= 11 is 0. The molecule has 0 saturated carbocycles. The molecule has 24 heavy (non-hydrogen) atoms. The minimum Gasteiger partial charge on any atom is -0.468 e. The molecule has 9 heteroatoms. The van der Waals surface area contributed by atoms with E-state index in [2.05, 4.69) is 35.2 Å². The molecule has 0 aliphatic rings. The number of hydrogen-bond donors (Lipinski definition) is 2. The first-order valence-electron chi connectivity index (χ1n) is 7.80. The van der Waals surface area contributed by atoms with Crippen molar-refractivity contribution in [3.05, 3.63) is 36.4 Å². The standard InChI is InChI=1S/C15H23N7O2/c1-3-16-15(17-6-9-21-7-4-5-8-21)18-10-13-11-22(20-19-13)12-14(23)24-2/h4-5,7-8,11H,3,6,9-10,12H2,1-2H3,(H2,16,17,18). The molecule has 0 radical (unpaired) electrons. The van der Waals surface area contributed by atoms with Crippen molar-refractivity contribution < 1.29 is 9.53 Å². The summed E-state index contributed by atoms with van der Waals surface area (Å²) in [5, 5.41) is 14.3. The van der Waals surface area contributed by atoms with Crippen LogP contribution in [-0.4, -0.2) is 51.7 Å². The SMILES string of the molecule is CCNC(=NCc1cn(CC(=O)OC)nn1)NCCn1cccc1. The topological polar surface area (TPSA) is 98.4 Å². The Morgan fingerprint density at radius 1 is 1.33 bits per heavy atom. The summed E-state index contributed by atoms with van der Waals surface area (Å²) in [6.45, 7) is 4.81. The zero-order valence-corrected chi connectivity index (χ0v) is 14.0. The molecule has 2 aromatic rings. The minimum atomic E-state index is -0.366. The number of esters is 1. The van der Waals surface area contributed by atoms with Crippen molar-refractivity contribution in [2.75, 3.05) is 20.2 Å². The molecule has 0 unspecified atom stereocenters. The lowest BCUT2D eigenvalue weighted by Gasteiger charge is -2.11. The van der Waals surface area contributed by atoms with E-state index in [1.165, 1.54) is 11.8 Å². The summed E-state index contributed by atoms with van der Waals surface area (Å²) in [5.41, 5.74) is 0.682. The quantitative estimate of drug-likeness (QED) is 0.401. The number of methoxy groups -OCH3 is 1. The van der Waals surface area contributed by atoms with Crippen molar-refractivity contribution in [2.45, 2.75) is 26.6 Å². The maximum Gasteiger partial charge on any atom is 0.327 e. The van der Waals surface area contributed by atoms with E-state index in [0.29, 0.717) is 18.2 Å². The predicted molar refractivity (Wildman–Crippen MR) is 89.3 cm³/mol.